The normalized spacial score (nSPS) is 35.8. The second kappa shape index (κ2) is 8.07. The van der Waals surface area contributed by atoms with Crippen LogP contribution in [0.5, 0.6) is 0 Å². The van der Waals surface area contributed by atoms with Crippen LogP contribution in [0.25, 0.3) is 0 Å². The topological polar surface area (TPSA) is 13.0 Å². The fourth-order valence-electron chi connectivity index (χ4n) is 5.65. The van der Waals surface area contributed by atoms with E-state index in [2.05, 4.69) is 47.6 Å². The lowest BCUT2D eigenvalue weighted by Crippen LogP contribution is -2.48. The Balaban J connectivity index is 1.17. The first-order valence-corrected chi connectivity index (χ1v) is 11.3. The molecule has 4 heterocycles. The van der Waals surface area contributed by atoms with E-state index >= 15 is 0 Å². The van der Waals surface area contributed by atoms with Gasteiger partial charge >= 0.3 is 0 Å². The first kappa shape index (κ1) is 18.0. The Bertz CT molecular complexity index is 390. The maximum atomic E-state index is 2.83. The molecule has 2 atom stereocenters. The minimum Gasteiger partial charge on any atom is -0.303 e. The summed E-state index contributed by atoms with van der Waals surface area (Å²) in [7, 11) is 0. The van der Waals surface area contributed by atoms with Crippen molar-refractivity contribution in [2.75, 3.05) is 65.4 Å². The van der Waals surface area contributed by atoms with Gasteiger partial charge in [0, 0.05) is 61.6 Å². The summed E-state index contributed by atoms with van der Waals surface area (Å²) in [6.45, 7) is 15.7. The Morgan fingerprint density at radius 3 is 2.00 bits per heavy atom. The molecule has 0 aromatic rings. The third kappa shape index (κ3) is 4.11. The van der Waals surface area contributed by atoms with Crippen LogP contribution in [0.2, 0.25) is 0 Å². The summed E-state index contributed by atoms with van der Waals surface area (Å²) in [5.74, 6) is 2.89. The van der Waals surface area contributed by atoms with Crippen molar-refractivity contribution in [3.05, 3.63) is 0 Å². The average molecular weight is 446 g/mol. The minimum atomic E-state index is 0.884. The van der Waals surface area contributed by atoms with Gasteiger partial charge in [0.2, 0.25) is 0 Å². The molecule has 5 heteroatoms. The van der Waals surface area contributed by atoms with Gasteiger partial charge < -0.3 is 14.7 Å². The lowest BCUT2D eigenvalue weighted by Gasteiger charge is -2.42. The number of hydrogen-bond acceptors (Lipinski definition) is 4. The van der Waals surface area contributed by atoms with Gasteiger partial charge in [0.15, 0.2) is 0 Å². The molecule has 24 heavy (non-hydrogen) atoms. The highest BCUT2D eigenvalue weighted by molar-refractivity contribution is 14.1. The number of piperidine rings is 2. The van der Waals surface area contributed by atoms with E-state index in [9.17, 15) is 0 Å². The summed E-state index contributed by atoms with van der Waals surface area (Å²) in [5, 5.41) is 0. The van der Waals surface area contributed by atoms with Crippen LogP contribution in [-0.2, 0) is 0 Å². The maximum Gasteiger partial charge on any atom is 0.0201 e. The molecular formula is C19H35IN4. The number of hydrogen-bond donors (Lipinski definition) is 0. The van der Waals surface area contributed by atoms with E-state index in [4.69, 9.17) is 0 Å². The quantitative estimate of drug-likeness (QED) is 0.486. The molecule has 0 aromatic heterocycles. The van der Waals surface area contributed by atoms with Gasteiger partial charge in [-0.25, -0.2) is 3.11 Å². The van der Waals surface area contributed by atoms with Crippen molar-refractivity contribution in [3.8, 4) is 0 Å². The van der Waals surface area contributed by atoms with E-state index in [1.807, 2.05) is 0 Å². The second-order valence-corrected chi connectivity index (χ2v) is 10.1. The first-order chi connectivity index (χ1) is 11.7. The molecule has 0 aromatic carbocycles. The van der Waals surface area contributed by atoms with Crippen molar-refractivity contribution in [2.24, 2.45) is 17.8 Å². The molecule has 0 bridgehead atoms. The Morgan fingerprint density at radius 2 is 1.42 bits per heavy atom. The summed E-state index contributed by atoms with van der Waals surface area (Å²) in [6.07, 6.45) is 5.69. The van der Waals surface area contributed by atoms with Gasteiger partial charge in [0.1, 0.15) is 0 Å². The first-order valence-electron chi connectivity index (χ1n) is 10.3. The van der Waals surface area contributed by atoms with Crippen LogP contribution in [-0.4, -0.2) is 89.3 Å². The maximum absolute atomic E-state index is 2.83. The molecule has 4 saturated heterocycles. The summed E-state index contributed by atoms with van der Waals surface area (Å²) < 4.78 is 2.51. The SMILES string of the molecule is CCN1CCC(N2CCC(CN3CC4CN(I)CC4C3)CC2)CC1. The number of halogens is 1. The molecule has 4 aliphatic heterocycles. The smallest absolute Gasteiger partial charge is 0.0201 e. The van der Waals surface area contributed by atoms with Gasteiger partial charge in [-0.15, -0.1) is 0 Å². The van der Waals surface area contributed by atoms with Crippen molar-refractivity contribution in [1.82, 2.24) is 17.8 Å². The summed E-state index contributed by atoms with van der Waals surface area (Å²) in [5.41, 5.74) is 0. The molecule has 0 radical (unpaired) electrons. The molecule has 0 spiro atoms. The lowest BCUT2D eigenvalue weighted by atomic mass is 9.93. The van der Waals surface area contributed by atoms with Gasteiger partial charge in [-0.05, 0) is 76.2 Å². The Hall–Kier alpha value is 0.570. The Morgan fingerprint density at radius 1 is 0.792 bits per heavy atom. The molecule has 0 N–H and O–H groups in total. The molecule has 0 aliphatic carbocycles. The summed E-state index contributed by atoms with van der Waals surface area (Å²) in [6, 6.07) is 0.884. The Labute approximate surface area is 162 Å². The second-order valence-electron chi connectivity index (χ2n) is 8.71. The zero-order valence-corrected chi connectivity index (χ0v) is 17.5. The summed E-state index contributed by atoms with van der Waals surface area (Å²) >= 11 is 2.52. The van der Waals surface area contributed by atoms with Crippen molar-refractivity contribution in [3.63, 3.8) is 0 Å². The molecule has 4 nitrogen and oxygen atoms in total. The highest BCUT2D eigenvalue weighted by Gasteiger charge is 2.40. The van der Waals surface area contributed by atoms with Crippen LogP contribution in [0.4, 0.5) is 0 Å². The molecule has 138 valence electrons. The average Bonchev–Trinajstić information content (AvgIpc) is 3.12. The number of rotatable bonds is 4. The van der Waals surface area contributed by atoms with Gasteiger partial charge in [0.05, 0.1) is 0 Å². The van der Waals surface area contributed by atoms with E-state index in [1.54, 1.807) is 0 Å². The molecule has 0 saturated carbocycles. The lowest BCUT2D eigenvalue weighted by molar-refractivity contribution is 0.0715. The van der Waals surface area contributed by atoms with Crippen LogP contribution in [0.3, 0.4) is 0 Å². The fourth-order valence-corrected chi connectivity index (χ4v) is 6.66. The van der Waals surface area contributed by atoms with Crippen molar-refractivity contribution >= 4 is 22.9 Å². The highest BCUT2D eigenvalue weighted by atomic mass is 127. The van der Waals surface area contributed by atoms with Gasteiger partial charge in [0.25, 0.3) is 0 Å². The highest BCUT2D eigenvalue weighted by Crippen LogP contribution is 2.34. The van der Waals surface area contributed by atoms with E-state index < -0.39 is 0 Å². The molecule has 4 fully saturated rings. The van der Waals surface area contributed by atoms with Gasteiger partial charge in [-0.1, -0.05) is 6.92 Å². The number of nitrogens with zero attached hydrogens (tertiary/aromatic N) is 4. The summed E-state index contributed by atoms with van der Waals surface area (Å²) in [4.78, 5) is 8.25. The van der Waals surface area contributed by atoms with Gasteiger partial charge in [-0.2, -0.15) is 0 Å². The molecule has 0 amide bonds. The molecular weight excluding hydrogens is 411 g/mol. The minimum absolute atomic E-state index is 0.884. The van der Waals surface area contributed by atoms with E-state index in [0.29, 0.717) is 0 Å². The molecule has 2 unspecified atom stereocenters. The largest absolute Gasteiger partial charge is 0.303 e. The monoisotopic (exact) mass is 446 g/mol. The van der Waals surface area contributed by atoms with Crippen LogP contribution < -0.4 is 0 Å². The third-order valence-corrected chi connectivity index (χ3v) is 7.99. The van der Waals surface area contributed by atoms with Crippen molar-refractivity contribution in [1.29, 1.82) is 0 Å². The number of likely N-dealkylation sites (tertiary alicyclic amines) is 3. The third-order valence-electron chi connectivity index (χ3n) is 7.20. The van der Waals surface area contributed by atoms with E-state index in [0.717, 1.165) is 23.8 Å². The van der Waals surface area contributed by atoms with Crippen LogP contribution in [0, 0.1) is 17.8 Å². The van der Waals surface area contributed by atoms with Crippen molar-refractivity contribution in [2.45, 2.75) is 38.6 Å². The predicted octanol–water partition coefficient (Wildman–Crippen LogP) is 2.40. The molecule has 4 aliphatic rings. The standard InChI is InChI=1S/C19H35IN4/c1-2-21-7-5-19(6-8-21)23-9-3-16(4-10-23)11-22-12-17-14-24(20)15-18(17)13-22/h16-19H,2-15H2,1H3. The fraction of sp³-hybridized carbons (Fsp3) is 1.00. The van der Waals surface area contributed by atoms with E-state index in [1.165, 1.54) is 91.1 Å². The zero-order valence-electron chi connectivity index (χ0n) is 15.4. The Kier molecular flexibility index (Phi) is 6.04. The van der Waals surface area contributed by atoms with Crippen LogP contribution in [0.15, 0.2) is 0 Å². The van der Waals surface area contributed by atoms with Crippen LogP contribution in [0.1, 0.15) is 32.6 Å². The van der Waals surface area contributed by atoms with Crippen molar-refractivity contribution < 1.29 is 0 Å². The predicted molar refractivity (Wildman–Crippen MR) is 108 cm³/mol. The molecule has 4 rings (SSSR count). The number of fused-ring (bicyclic) bond motifs is 1. The van der Waals surface area contributed by atoms with Crippen LogP contribution >= 0.6 is 22.9 Å². The zero-order chi connectivity index (χ0) is 16.5. The van der Waals surface area contributed by atoms with E-state index in [-0.39, 0.29) is 0 Å². The van der Waals surface area contributed by atoms with Gasteiger partial charge in [-0.3, -0.25) is 0 Å².